The van der Waals surface area contributed by atoms with E-state index in [-0.39, 0.29) is 11.8 Å². The first-order valence-electron chi connectivity index (χ1n) is 3.33. The second-order valence-corrected chi connectivity index (χ2v) is 2.42. The van der Waals surface area contributed by atoms with Crippen molar-refractivity contribution in [3.63, 3.8) is 0 Å². The van der Waals surface area contributed by atoms with Gasteiger partial charge in [-0.25, -0.2) is 5.48 Å². The van der Waals surface area contributed by atoms with Crippen LogP contribution in [0.25, 0.3) is 0 Å². The van der Waals surface area contributed by atoms with Crippen LogP contribution in [-0.4, -0.2) is 17.7 Å². The van der Waals surface area contributed by atoms with Gasteiger partial charge in [-0.05, 0) is 18.9 Å². The zero-order chi connectivity index (χ0) is 7.98. The van der Waals surface area contributed by atoms with Crippen LogP contribution in [0.3, 0.4) is 0 Å². The van der Waals surface area contributed by atoms with Gasteiger partial charge in [0.25, 0.3) is 0 Å². The topological polar surface area (TPSA) is 75.4 Å². The average Bonchev–Trinajstić information content (AvgIpc) is 1.88. The largest absolute Gasteiger partial charge is 0.330 e. The summed E-state index contributed by atoms with van der Waals surface area (Å²) in [5.74, 6) is -0.0990. The molecule has 60 valence electrons. The highest BCUT2D eigenvalue weighted by molar-refractivity contribution is 5.74. The molecule has 1 unspecified atom stereocenters. The maximum absolute atomic E-state index is 10.5. The van der Waals surface area contributed by atoms with Gasteiger partial charge in [-0.15, -0.1) is 0 Å². The molecule has 0 fully saturated rings. The number of nitrogens with two attached hydrogens (primary N) is 1. The van der Waals surface area contributed by atoms with E-state index in [9.17, 15) is 4.79 Å². The lowest BCUT2D eigenvalue weighted by atomic mass is 10.0. The number of rotatable bonds is 4. The zero-order valence-corrected chi connectivity index (χ0v) is 6.13. The zero-order valence-electron chi connectivity index (χ0n) is 6.13. The van der Waals surface area contributed by atoms with Gasteiger partial charge >= 0.3 is 0 Å². The first-order valence-corrected chi connectivity index (χ1v) is 3.33. The smallest absolute Gasteiger partial charge is 0.243 e. The molecule has 0 bridgehead atoms. The fourth-order valence-corrected chi connectivity index (χ4v) is 0.749. The molecule has 0 aliphatic carbocycles. The van der Waals surface area contributed by atoms with Crippen molar-refractivity contribution in [1.82, 2.24) is 5.48 Å². The molecule has 0 aliphatic rings. The van der Waals surface area contributed by atoms with Crippen LogP contribution in [0.4, 0.5) is 0 Å². The molecular weight excluding hydrogens is 132 g/mol. The Bertz CT molecular complexity index is 106. The summed E-state index contributed by atoms with van der Waals surface area (Å²) < 4.78 is 0. The Hall–Kier alpha value is -0.610. The normalized spacial score (nSPS) is 12.7. The van der Waals surface area contributed by atoms with Gasteiger partial charge in [0.15, 0.2) is 0 Å². The summed E-state index contributed by atoms with van der Waals surface area (Å²) in [6, 6.07) is 0. The molecule has 4 N–H and O–H groups in total. The SMILES string of the molecule is CC(CCN)CC(=O)NO. The second-order valence-electron chi connectivity index (χ2n) is 2.42. The molecule has 0 aromatic heterocycles. The first kappa shape index (κ1) is 9.39. The van der Waals surface area contributed by atoms with E-state index in [0.29, 0.717) is 13.0 Å². The fraction of sp³-hybridized carbons (Fsp3) is 0.833. The van der Waals surface area contributed by atoms with Crippen LogP contribution >= 0.6 is 0 Å². The Morgan fingerprint density at radius 2 is 2.40 bits per heavy atom. The van der Waals surface area contributed by atoms with Crippen LogP contribution < -0.4 is 11.2 Å². The summed E-state index contributed by atoms with van der Waals surface area (Å²) in [6.45, 7) is 2.50. The van der Waals surface area contributed by atoms with E-state index < -0.39 is 0 Å². The Balaban J connectivity index is 3.37. The fourth-order valence-electron chi connectivity index (χ4n) is 0.749. The molecule has 4 heteroatoms. The molecule has 10 heavy (non-hydrogen) atoms. The van der Waals surface area contributed by atoms with E-state index in [1.165, 1.54) is 0 Å². The summed E-state index contributed by atoms with van der Waals surface area (Å²) in [7, 11) is 0. The van der Waals surface area contributed by atoms with Crippen LogP contribution in [0.1, 0.15) is 19.8 Å². The van der Waals surface area contributed by atoms with Gasteiger partial charge in [0.2, 0.25) is 5.91 Å². The van der Waals surface area contributed by atoms with Crippen LogP contribution in [0.15, 0.2) is 0 Å². The number of carbonyl (C=O) groups excluding carboxylic acids is 1. The van der Waals surface area contributed by atoms with E-state index in [1.807, 2.05) is 6.92 Å². The van der Waals surface area contributed by atoms with Crippen molar-refractivity contribution in [2.75, 3.05) is 6.54 Å². The molecular formula is C6H14N2O2. The Morgan fingerprint density at radius 1 is 1.80 bits per heavy atom. The van der Waals surface area contributed by atoms with Crippen molar-refractivity contribution >= 4 is 5.91 Å². The maximum Gasteiger partial charge on any atom is 0.243 e. The minimum absolute atomic E-state index is 0.247. The van der Waals surface area contributed by atoms with E-state index in [0.717, 1.165) is 6.42 Å². The van der Waals surface area contributed by atoms with Gasteiger partial charge < -0.3 is 5.73 Å². The molecule has 1 atom stereocenters. The predicted octanol–water partition coefficient (Wildman–Crippen LogP) is -0.133. The van der Waals surface area contributed by atoms with Gasteiger partial charge in [0, 0.05) is 6.42 Å². The van der Waals surface area contributed by atoms with Crippen LogP contribution in [0.2, 0.25) is 0 Å². The van der Waals surface area contributed by atoms with Crippen molar-refractivity contribution in [1.29, 1.82) is 0 Å². The molecule has 0 heterocycles. The minimum atomic E-state index is -0.346. The number of amides is 1. The van der Waals surface area contributed by atoms with E-state index in [4.69, 9.17) is 10.9 Å². The standard InChI is InChI=1S/C6H14N2O2/c1-5(2-3-7)4-6(9)8-10/h5,10H,2-4,7H2,1H3,(H,8,9). The van der Waals surface area contributed by atoms with Crippen molar-refractivity contribution in [3.8, 4) is 0 Å². The molecule has 0 radical (unpaired) electrons. The van der Waals surface area contributed by atoms with Gasteiger partial charge in [-0.1, -0.05) is 6.92 Å². The monoisotopic (exact) mass is 146 g/mol. The Morgan fingerprint density at radius 3 is 2.80 bits per heavy atom. The summed E-state index contributed by atoms with van der Waals surface area (Å²) in [5.41, 5.74) is 6.83. The third-order valence-electron chi connectivity index (χ3n) is 1.32. The molecule has 0 saturated carbocycles. The summed E-state index contributed by atoms with van der Waals surface area (Å²) in [5, 5.41) is 8.12. The highest BCUT2D eigenvalue weighted by Crippen LogP contribution is 2.04. The lowest BCUT2D eigenvalue weighted by molar-refractivity contribution is -0.130. The quantitative estimate of drug-likeness (QED) is 0.382. The molecule has 0 spiro atoms. The van der Waals surface area contributed by atoms with Crippen LogP contribution in [0, 0.1) is 5.92 Å². The highest BCUT2D eigenvalue weighted by Gasteiger charge is 2.05. The van der Waals surface area contributed by atoms with Crippen LogP contribution in [0.5, 0.6) is 0 Å². The molecule has 0 aromatic rings. The minimum Gasteiger partial charge on any atom is -0.330 e. The van der Waals surface area contributed by atoms with Crippen LogP contribution in [-0.2, 0) is 4.79 Å². The molecule has 0 rings (SSSR count). The van der Waals surface area contributed by atoms with Gasteiger partial charge in [0.1, 0.15) is 0 Å². The predicted molar refractivity (Wildman–Crippen MR) is 37.4 cm³/mol. The molecule has 4 nitrogen and oxygen atoms in total. The molecule has 0 aliphatic heterocycles. The summed E-state index contributed by atoms with van der Waals surface area (Å²) in [6.07, 6.45) is 1.15. The van der Waals surface area contributed by atoms with Crippen molar-refractivity contribution < 1.29 is 10.0 Å². The summed E-state index contributed by atoms with van der Waals surface area (Å²) >= 11 is 0. The maximum atomic E-state index is 10.5. The third-order valence-corrected chi connectivity index (χ3v) is 1.32. The molecule has 0 aromatic carbocycles. The number of hydroxylamine groups is 1. The summed E-state index contributed by atoms with van der Waals surface area (Å²) in [4.78, 5) is 10.5. The lowest BCUT2D eigenvalue weighted by Crippen LogP contribution is -2.21. The number of nitrogens with one attached hydrogen (secondary N) is 1. The van der Waals surface area contributed by atoms with Gasteiger partial charge in [-0.2, -0.15) is 0 Å². The third kappa shape index (κ3) is 4.29. The van der Waals surface area contributed by atoms with E-state index in [2.05, 4.69) is 0 Å². The van der Waals surface area contributed by atoms with E-state index >= 15 is 0 Å². The Kier molecular flexibility index (Phi) is 4.88. The second kappa shape index (κ2) is 5.20. The Labute approximate surface area is 60.4 Å². The molecule has 1 amide bonds. The number of hydrogen-bond acceptors (Lipinski definition) is 3. The van der Waals surface area contributed by atoms with Crippen molar-refractivity contribution in [2.24, 2.45) is 11.7 Å². The molecule has 0 saturated heterocycles. The number of carbonyl (C=O) groups is 1. The number of hydrogen-bond donors (Lipinski definition) is 3. The van der Waals surface area contributed by atoms with Crippen molar-refractivity contribution in [2.45, 2.75) is 19.8 Å². The van der Waals surface area contributed by atoms with Gasteiger partial charge in [0.05, 0.1) is 0 Å². The lowest BCUT2D eigenvalue weighted by Gasteiger charge is -2.06. The first-order chi connectivity index (χ1) is 4.70. The van der Waals surface area contributed by atoms with E-state index in [1.54, 1.807) is 5.48 Å². The highest BCUT2D eigenvalue weighted by atomic mass is 16.5. The van der Waals surface area contributed by atoms with Gasteiger partial charge in [-0.3, -0.25) is 10.0 Å². The average molecular weight is 146 g/mol. The van der Waals surface area contributed by atoms with Crippen molar-refractivity contribution in [3.05, 3.63) is 0 Å².